The number of hydrogen-bond donors (Lipinski definition) is 1. The first-order valence-corrected chi connectivity index (χ1v) is 10.9. The summed E-state index contributed by atoms with van der Waals surface area (Å²) in [4.78, 5) is 0. The van der Waals surface area contributed by atoms with Crippen LogP contribution in [0.1, 0.15) is 31.4 Å². The third kappa shape index (κ3) is 7.45. The van der Waals surface area contributed by atoms with E-state index in [9.17, 15) is 0 Å². The number of benzene rings is 2. The zero-order valence-electron chi connectivity index (χ0n) is 16.2. The molecule has 7 heteroatoms. The van der Waals surface area contributed by atoms with E-state index in [1.807, 2.05) is 32.0 Å². The van der Waals surface area contributed by atoms with Crippen LogP contribution in [0.15, 0.2) is 34.8 Å². The Morgan fingerprint density at radius 2 is 1.79 bits per heavy atom. The highest BCUT2D eigenvalue weighted by Crippen LogP contribution is 2.37. The largest absolute Gasteiger partial charge is 0.490 e. The van der Waals surface area contributed by atoms with Crippen LogP contribution < -0.4 is 14.8 Å². The van der Waals surface area contributed by atoms with Crippen molar-refractivity contribution in [1.82, 2.24) is 5.32 Å². The fourth-order valence-corrected chi connectivity index (χ4v) is 3.51. The summed E-state index contributed by atoms with van der Waals surface area (Å²) in [7, 11) is 0. The molecular weight excluding hydrogens is 465 g/mol. The molecule has 0 radical (unpaired) electrons. The predicted octanol–water partition coefficient (Wildman–Crippen LogP) is 6.25. The van der Waals surface area contributed by atoms with E-state index >= 15 is 0 Å². The maximum absolute atomic E-state index is 6.08. The lowest BCUT2D eigenvalue weighted by Gasteiger charge is -2.16. The summed E-state index contributed by atoms with van der Waals surface area (Å²) < 4.78 is 18.0. The van der Waals surface area contributed by atoms with Crippen LogP contribution in [0.5, 0.6) is 11.5 Å². The predicted molar refractivity (Wildman–Crippen MR) is 119 cm³/mol. The van der Waals surface area contributed by atoms with Gasteiger partial charge in [0.25, 0.3) is 0 Å². The van der Waals surface area contributed by atoms with Gasteiger partial charge in [0.2, 0.25) is 0 Å². The van der Waals surface area contributed by atoms with E-state index in [2.05, 4.69) is 21.2 Å². The summed E-state index contributed by atoms with van der Waals surface area (Å²) in [5.74, 6) is 1.39. The van der Waals surface area contributed by atoms with Crippen LogP contribution in [0.25, 0.3) is 0 Å². The molecule has 28 heavy (non-hydrogen) atoms. The molecule has 154 valence electrons. The molecule has 1 N–H and O–H groups in total. The highest BCUT2D eigenvalue weighted by molar-refractivity contribution is 9.10. The molecule has 0 saturated carbocycles. The quantitative estimate of drug-likeness (QED) is 0.357. The molecule has 0 atom stereocenters. The number of ether oxygens (including phenoxy) is 3. The van der Waals surface area contributed by atoms with Crippen LogP contribution in [-0.4, -0.2) is 26.4 Å². The fraction of sp³-hybridized carbons (Fsp3) is 0.429. The monoisotopic (exact) mass is 489 g/mol. The van der Waals surface area contributed by atoms with Gasteiger partial charge in [-0.05, 0) is 78.1 Å². The van der Waals surface area contributed by atoms with E-state index in [0.717, 1.165) is 48.3 Å². The molecule has 0 aliphatic rings. The molecule has 0 heterocycles. The van der Waals surface area contributed by atoms with Gasteiger partial charge in [0.05, 0.1) is 21.1 Å². The van der Waals surface area contributed by atoms with Crippen molar-refractivity contribution in [2.75, 3.05) is 26.4 Å². The van der Waals surface area contributed by atoms with Crippen molar-refractivity contribution in [2.24, 2.45) is 0 Å². The van der Waals surface area contributed by atoms with E-state index in [1.165, 1.54) is 0 Å². The van der Waals surface area contributed by atoms with Gasteiger partial charge in [0.1, 0.15) is 6.61 Å². The summed E-state index contributed by atoms with van der Waals surface area (Å²) in [6.07, 6.45) is 0.984. The SMILES string of the molecule is CCOCCCNCc1cc(Br)c(OCc2ccc(Cl)c(Cl)c2)c(OCC)c1. The standard InChI is InChI=1S/C21H26BrCl2NO3/c1-3-26-9-5-8-25-13-16-10-17(22)21(20(12-16)27-4-2)28-14-15-6-7-18(23)19(24)11-15/h6-7,10-12,25H,3-5,8-9,13-14H2,1-2H3. The molecular formula is C21H26BrCl2NO3. The Kier molecular flexibility index (Phi) is 10.4. The smallest absolute Gasteiger partial charge is 0.175 e. The minimum absolute atomic E-state index is 0.366. The molecule has 2 aromatic rings. The third-order valence-electron chi connectivity index (χ3n) is 3.91. The lowest BCUT2D eigenvalue weighted by molar-refractivity contribution is 0.144. The van der Waals surface area contributed by atoms with Crippen molar-refractivity contribution >= 4 is 39.1 Å². The van der Waals surface area contributed by atoms with Gasteiger partial charge < -0.3 is 19.5 Å². The first-order valence-electron chi connectivity index (χ1n) is 9.35. The van der Waals surface area contributed by atoms with Crippen molar-refractivity contribution in [1.29, 1.82) is 0 Å². The number of halogens is 3. The second-order valence-electron chi connectivity index (χ2n) is 6.10. The lowest BCUT2D eigenvalue weighted by atomic mass is 10.2. The third-order valence-corrected chi connectivity index (χ3v) is 5.24. The van der Waals surface area contributed by atoms with Crippen molar-refractivity contribution in [3.8, 4) is 11.5 Å². The molecule has 2 rings (SSSR count). The average molecular weight is 491 g/mol. The highest BCUT2D eigenvalue weighted by atomic mass is 79.9. The Balaban J connectivity index is 2.01. The van der Waals surface area contributed by atoms with Crippen LogP contribution in [0.2, 0.25) is 10.0 Å². The molecule has 0 amide bonds. The van der Waals surface area contributed by atoms with Gasteiger partial charge in [-0.25, -0.2) is 0 Å². The molecule has 0 aromatic heterocycles. The maximum atomic E-state index is 6.08. The first kappa shape index (κ1) is 23.3. The minimum atomic E-state index is 0.366. The molecule has 0 aliphatic heterocycles. The lowest BCUT2D eigenvalue weighted by Crippen LogP contribution is -2.16. The van der Waals surface area contributed by atoms with Crippen molar-refractivity contribution < 1.29 is 14.2 Å². The van der Waals surface area contributed by atoms with Gasteiger partial charge >= 0.3 is 0 Å². The topological polar surface area (TPSA) is 39.7 Å². The minimum Gasteiger partial charge on any atom is -0.490 e. The zero-order chi connectivity index (χ0) is 20.4. The molecule has 0 bridgehead atoms. The molecule has 0 unspecified atom stereocenters. The zero-order valence-corrected chi connectivity index (χ0v) is 19.3. The Morgan fingerprint density at radius 1 is 0.964 bits per heavy atom. The number of nitrogens with one attached hydrogen (secondary N) is 1. The molecule has 0 aliphatic carbocycles. The van der Waals surface area contributed by atoms with E-state index < -0.39 is 0 Å². The van der Waals surface area contributed by atoms with Crippen molar-refractivity contribution in [2.45, 2.75) is 33.4 Å². The maximum Gasteiger partial charge on any atom is 0.175 e. The number of rotatable bonds is 12. The fourth-order valence-electron chi connectivity index (χ4n) is 2.59. The average Bonchev–Trinajstić information content (AvgIpc) is 2.67. The molecule has 2 aromatic carbocycles. The van der Waals surface area contributed by atoms with E-state index in [-0.39, 0.29) is 0 Å². The Labute approximate surface area is 185 Å². The summed E-state index contributed by atoms with van der Waals surface area (Å²) in [6.45, 7) is 8.06. The van der Waals surface area contributed by atoms with Crippen LogP contribution >= 0.6 is 39.1 Å². The summed E-state index contributed by atoms with van der Waals surface area (Å²) in [6, 6.07) is 9.51. The highest BCUT2D eigenvalue weighted by Gasteiger charge is 2.13. The summed E-state index contributed by atoms with van der Waals surface area (Å²) >= 11 is 15.7. The van der Waals surface area contributed by atoms with Gasteiger partial charge in [0.15, 0.2) is 11.5 Å². The van der Waals surface area contributed by atoms with Gasteiger partial charge in [-0.15, -0.1) is 0 Å². The Hall–Kier alpha value is -0.980. The van der Waals surface area contributed by atoms with Crippen LogP contribution in [0.4, 0.5) is 0 Å². The van der Waals surface area contributed by atoms with Gasteiger partial charge in [-0.2, -0.15) is 0 Å². The molecule has 0 saturated heterocycles. The van der Waals surface area contributed by atoms with Gasteiger partial charge in [0, 0.05) is 19.8 Å². The summed E-state index contributed by atoms with van der Waals surface area (Å²) in [5, 5.41) is 4.46. The second kappa shape index (κ2) is 12.6. The van der Waals surface area contributed by atoms with Crippen LogP contribution in [-0.2, 0) is 17.9 Å². The molecule has 0 fully saturated rings. The van der Waals surface area contributed by atoms with Crippen molar-refractivity contribution in [3.63, 3.8) is 0 Å². The van der Waals surface area contributed by atoms with Gasteiger partial charge in [-0.3, -0.25) is 0 Å². The van der Waals surface area contributed by atoms with E-state index in [4.69, 9.17) is 37.4 Å². The Morgan fingerprint density at radius 3 is 2.50 bits per heavy atom. The first-order chi connectivity index (χ1) is 13.5. The normalized spacial score (nSPS) is 10.9. The van der Waals surface area contributed by atoms with Crippen LogP contribution in [0, 0.1) is 0 Å². The summed E-state index contributed by atoms with van der Waals surface area (Å²) in [5.41, 5.74) is 2.05. The van der Waals surface area contributed by atoms with E-state index in [0.29, 0.717) is 34.8 Å². The Bertz CT molecular complexity index is 759. The van der Waals surface area contributed by atoms with Crippen LogP contribution in [0.3, 0.4) is 0 Å². The molecule has 0 spiro atoms. The van der Waals surface area contributed by atoms with Crippen molar-refractivity contribution in [3.05, 3.63) is 56.0 Å². The van der Waals surface area contributed by atoms with E-state index in [1.54, 1.807) is 12.1 Å². The number of hydrogen-bond acceptors (Lipinski definition) is 4. The second-order valence-corrected chi connectivity index (χ2v) is 7.77. The molecule has 4 nitrogen and oxygen atoms in total. The van der Waals surface area contributed by atoms with Gasteiger partial charge in [-0.1, -0.05) is 29.3 Å².